The number of hydrogen-bond donors (Lipinski definition) is 0. The fourth-order valence-corrected chi connectivity index (χ4v) is 3.44. The first-order chi connectivity index (χ1) is 9.67. The Morgan fingerprint density at radius 3 is 2.90 bits per heavy atom. The summed E-state index contributed by atoms with van der Waals surface area (Å²) in [7, 11) is 0. The minimum Gasteiger partial charge on any atom is -0.307 e. The van der Waals surface area contributed by atoms with Crippen LogP contribution < -0.4 is 0 Å². The highest BCUT2D eigenvalue weighted by molar-refractivity contribution is 7.16. The number of nitrogens with zero attached hydrogens (tertiary/aromatic N) is 3. The first kappa shape index (κ1) is 13.9. The van der Waals surface area contributed by atoms with Crippen molar-refractivity contribution < 1.29 is 0 Å². The van der Waals surface area contributed by atoms with Crippen LogP contribution in [-0.4, -0.2) is 20.4 Å². The van der Waals surface area contributed by atoms with Crippen LogP contribution in [0.4, 0.5) is 0 Å². The monoisotopic (exact) mass is 325 g/mol. The predicted octanol–water partition coefficient (Wildman–Crippen LogP) is 4.28. The topological polar surface area (TPSA) is 30.7 Å². The lowest BCUT2D eigenvalue weighted by Gasteiger charge is -2.06. The number of alkyl halides is 1. The van der Waals surface area contributed by atoms with E-state index < -0.39 is 0 Å². The lowest BCUT2D eigenvalue weighted by atomic mass is 10.3. The Balaban J connectivity index is 2.08. The van der Waals surface area contributed by atoms with E-state index in [1.54, 1.807) is 11.3 Å². The molecule has 3 aromatic rings. The number of imidazole rings is 1. The fraction of sp³-hybridized carbons (Fsp3) is 0.286. The van der Waals surface area contributed by atoms with Gasteiger partial charge in [0.15, 0.2) is 5.65 Å². The SMILES string of the molecule is Cc1cnc2c(c1)nc(CCCl)n2Cc1ccc(Cl)s1. The highest BCUT2D eigenvalue weighted by Crippen LogP contribution is 2.24. The van der Waals surface area contributed by atoms with Gasteiger partial charge in [-0.05, 0) is 30.7 Å². The molecule has 0 aliphatic carbocycles. The largest absolute Gasteiger partial charge is 0.307 e. The molecule has 0 atom stereocenters. The highest BCUT2D eigenvalue weighted by Gasteiger charge is 2.13. The molecule has 0 N–H and O–H groups in total. The first-order valence-electron chi connectivity index (χ1n) is 6.29. The van der Waals surface area contributed by atoms with Crippen molar-refractivity contribution in [2.24, 2.45) is 0 Å². The summed E-state index contributed by atoms with van der Waals surface area (Å²) in [5.74, 6) is 1.52. The van der Waals surface area contributed by atoms with E-state index in [0.29, 0.717) is 5.88 Å². The maximum Gasteiger partial charge on any atom is 0.160 e. The molecule has 0 fully saturated rings. The number of aryl methyl sites for hydroxylation is 2. The Bertz CT molecular complexity index is 748. The average Bonchev–Trinajstić information content (AvgIpc) is 2.95. The van der Waals surface area contributed by atoms with Crippen LogP contribution in [0.5, 0.6) is 0 Å². The van der Waals surface area contributed by atoms with Crippen LogP contribution in [0.15, 0.2) is 24.4 Å². The van der Waals surface area contributed by atoms with Crippen LogP contribution in [0.25, 0.3) is 11.2 Å². The van der Waals surface area contributed by atoms with Crippen molar-refractivity contribution in [3.63, 3.8) is 0 Å². The maximum atomic E-state index is 6.00. The van der Waals surface area contributed by atoms with Gasteiger partial charge in [0, 0.05) is 23.4 Å². The van der Waals surface area contributed by atoms with Gasteiger partial charge in [-0.15, -0.1) is 22.9 Å². The zero-order chi connectivity index (χ0) is 14.1. The lowest BCUT2D eigenvalue weighted by molar-refractivity contribution is 0.756. The van der Waals surface area contributed by atoms with Crippen LogP contribution in [-0.2, 0) is 13.0 Å². The van der Waals surface area contributed by atoms with Crippen LogP contribution in [0.1, 0.15) is 16.3 Å². The Morgan fingerprint density at radius 2 is 2.20 bits per heavy atom. The number of aromatic nitrogens is 3. The summed E-state index contributed by atoms with van der Waals surface area (Å²) in [6.45, 7) is 2.75. The number of fused-ring (bicyclic) bond motifs is 1. The molecular weight excluding hydrogens is 313 g/mol. The van der Waals surface area contributed by atoms with E-state index in [0.717, 1.165) is 39.9 Å². The molecule has 0 aromatic carbocycles. The second-order valence-corrected chi connectivity index (χ2v) is 6.79. The Kier molecular flexibility index (Phi) is 3.96. The van der Waals surface area contributed by atoms with E-state index in [-0.39, 0.29) is 0 Å². The Labute approximate surface area is 131 Å². The molecule has 0 unspecified atom stereocenters. The molecule has 0 saturated heterocycles. The maximum absolute atomic E-state index is 6.00. The number of pyridine rings is 1. The van der Waals surface area contributed by atoms with Crippen LogP contribution in [0, 0.1) is 6.92 Å². The third kappa shape index (κ3) is 2.68. The van der Waals surface area contributed by atoms with Crippen molar-refractivity contribution >= 4 is 45.7 Å². The van der Waals surface area contributed by atoms with Gasteiger partial charge >= 0.3 is 0 Å². The molecule has 0 spiro atoms. The number of halogens is 2. The molecule has 104 valence electrons. The van der Waals surface area contributed by atoms with Gasteiger partial charge in [-0.1, -0.05) is 11.6 Å². The van der Waals surface area contributed by atoms with Gasteiger partial charge in [-0.25, -0.2) is 9.97 Å². The summed E-state index contributed by atoms with van der Waals surface area (Å²) in [5.41, 5.74) is 2.94. The van der Waals surface area contributed by atoms with E-state index in [1.807, 2.05) is 25.3 Å². The van der Waals surface area contributed by atoms with Gasteiger partial charge in [0.2, 0.25) is 0 Å². The summed E-state index contributed by atoms with van der Waals surface area (Å²) in [4.78, 5) is 10.4. The summed E-state index contributed by atoms with van der Waals surface area (Å²) in [6, 6.07) is 6.01. The summed E-state index contributed by atoms with van der Waals surface area (Å²) in [5, 5.41) is 0. The van der Waals surface area contributed by atoms with E-state index in [9.17, 15) is 0 Å². The van der Waals surface area contributed by atoms with Gasteiger partial charge in [-0.3, -0.25) is 0 Å². The standard InChI is InChI=1S/C14H13Cl2N3S/c1-9-6-11-14(17-7-9)19(13(18-11)4-5-15)8-10-2-3-12(16)20-10/h2-3,6-7H,4-5,8H2,1H3. The Hall–Kier alpha value is -1.10. The van der Waals surface area contributed by atoms with Crippen molar-refractivity contribution in [3.8, 4) is 0 Å². The summed E-state index contributed by atoms with van der Waals surface area (Å²) in [6.07, 6.45) is 2.60. The van der Waals surface area contributed by atoms with Crippen LogP contribution in [0.3, 0.4) is 0 Å². The molecule has 0 amide bonds. The molecule has 3 heterocycles. The zero-order valence-electron chi connectivity index (χ0n) is 10.9. The minimum absolute atomic E-state index is 0.549. The molecule has 3 nitrogen and oxygen atoms in total. The smallest absolute Gasteiger partial charge is 0.160 e. The van der Waals surface area contributed by atoms with E-state index in [1.165, 1.54) is 4.88 Å². The molecule has 0 radical (unpaired) electrons. The van der Waals surface area contributed by atoms with Crippen LogP contribution >= 0.6 is 34.5 Å². The summed E-state index contributed by atoms with van der Waals surface area (Å²) < 4.78 is 2.92. The molecule has 20 heavy (non-hydrogen) atoms. The number of hydrogen-bond acceptors (Lipinski definition) is 3. The third-order valence-electron chi connectivity index (χ3n) is 3.06. The average molecular weight is 326 g/mol. The predicted molar refractivity (Wildman–Crippen MR) is 85.1 cm³/mol. The van der Waals surface area contributed by atoms with Crippen molar-refractivity contribution in [2.45, 2.75) is 19.9 Å². The van der Waals surface area contributed by atoms with Crippen LogP contribution in [0.2, 0.25) is 4.34 Å². The fourth-order valence-electron chi connectivity index (χ4n) is 2.19. The van der Waals surface area contributed by atoms with Crippen molar-refractivity contribution in [3.05, 3.63) is 45.0 Å². The summed E-state index contributed by atoms with van der Waals surface area (Å²) >= 11 is 13.5. The molecule has 3 rings (SSSR count). The molecule has 0 aliphatic heterocycles. The van der Waals surface area contributed by atoms with Gasteiger partial charge in [0.25, 0.3) is 0 Å². The minimum atomic E-state index is 0.549. The van der Waals surface area contributed by atoms with Gasteiger partial charge in [0.05, 0.1) is 10.9 Å². The van der Waals surface area contributed by atoms with Gasteiger partial charge < -0.3 is 4.57 Å². The second kappa shape index (κ2) is 5.72. The number of thiophene rings is 1. The molecular formula is C14H13Cl2N3S. The lowest BCUT2D eigenvalue weighted by Crippen LogP contribution is -2.05. The van der Waals surface area contributed by atoms with Gasteiger partial charge in [0.1, 0.15) is 11.3 Å². The number of rotatable bonds is 4. The quantitative estimate of drug-likeness (QED) is 0.670. The highest BCUT2D eigenvalue weighted by atomic mass is 35.5. The first-order valence-corrected chi connectivity index (χ1v) is 8.02. The van der Waals surface area contributed by atoms with Crippen molar-refractivity contribution in [1.29, 1.82) is 0 Å². The van der Waals surface area contributed by atoms with E-state index >= 15 is 0 Å². The zero-order valence-corrected chi connectivity index (χ0v) is 13.3. The van der Waals surface area contributed by atoms with E-state index in [2.05, 4.69) is 20.6 Å². The Morgan fingerprint density at radius 1 is 1.35 bits per heavy atom. The van der Waals surface area contributed by atoms with E-state index in [4.69, 9.17) is 23.2 Å². The van der Waals surface area contributed by atoms with Crippen molar-refractivity contribution in [2.75, 3.05) is 5.88 Å². The molecule has 0 saturated carbocycles. The molecule has 3 aromatic heterocycles. The molecule has 0 aliphatic rings. The second-order valence-electron chi connectivity index (χ2n) is 4.61. The molecule has 0 bridgehead atoms. The van der Waals surface area contributed by atoms with Crippen molar-refractivity contribution in [1.82, 2.24) is 14.5 Å². The van der Waals surface area contributed by atoms with Gasteiger partial charge in [-0.2, -0.15) is 0 Å². The third-order valence-corrected chi connectivity index (χ3v) is 4.47. The molecule has 6 heteroatoms. The normalized spacial score (nSPS) is 11.3.